The summed E-state index contributed by atoms with van der Waals surface area (Å²) in [4.78, 5) is 0. The predicted octanol–water partition coefficient (Wildman–Crippen LogP) is 1.69. The summed E-state index contributed by atoms with van der Waals surface area (Å²) in [7, 11) is 0. The van der Waals surface area contributed by atoms with Crippen molar-refractivity contribution < 1.29 is 9.84 Å². The summed E-state index contributed by atoms with van der Waals surface area (Å²) in [6.07, 6.45) is 5.44. The van der Waals surface area contributed by atoms with Crippen LogP contribution in [0.2, 0.25) is 0 Å². The lowest BCUT2D eigenvalue weighted by molar-refractivity contribution is -0.00215. The first-order valence-corrected chi connectivity index (χ1v) is 6.29. The van der Waals surface area contributed by atoms with Crippen molar-refractivity contribution in [2.45, 2.75) is 64.2 Å². The average Bonchev–Trinajstić information content (AvgIpc) is 2.27. The minimum atomic E-state index is -0.182. The zero-order chi connectivity index (χ0) is 11.1. The molecule has 0 aliphatic carbocycles. The van der Waals surface area contributed by atoms with Crippen LogP contribution >= 0.6 is 0 Å². The number of rotatable bonds is 6. The molecule has 1 saturated heterocycles. The van der Waals surface area contributed by atoms with Crippen molar-refractivity contribution in [2.24, 2.45) is 0 Å². The fourth-order valence-corrected chi connectivity index (χ4v) is 2.09. The average molecular weight is 215 g/mol. The Bertz CT molecular complexity index is 164. The molecule has 0 aromatic heterocycles. The molecule has 1 fully saturated rings. The first-order chi connectivity index (χ1) is 7.26. The zero-order valence-corrected chi connectivity index (χ0v) is 10.0. The molecule has 0 spiro atoms. The van der Waals surface area contributed by atoms with E-state index in [0.717, 1.165) is 45.3 Å². The Hall–Kier alpha value is -0.120. The lowest BCUT2D eigenvalue weighted by Crippen LogP contribution is -2.41. The van der Waals surface area contributed by atoms with Crippen molar-refractivity contribution in [1.82, 2.24) is 5.32 Å². The maximum absolute atomic E-state index is 9.61. The fourth-order valence-electron chi connectivity index (χ4n) is 2.09. The van der Waals surface area contributed by atoms with E-state index in [2.05, 4.69) is 19.2 Å². The number of aliphatic hydroxyl groups is 1. The number of hydrogen-bond donors (Lipinski definition) is 2. The molecular formula is C12H25NO2. The van der Waals surface area contributed by atoms with Crippen LogP contribution in [0.5, 0.6) is 0 Å². The smallest absolute Gasteiger partial charge is 0.0664 e. The zero-order valence-electron chi connectivity index (χ0n) is 10.0. The van der Waals surface area contributed by atoms with Gasteiger partial charge in [0.2, 0.25) is 0 Å². The van der Waals surface area contributed by atoms with Crippen LogP contribution in [-0.4, -0.2) is 36.5 Å². The van der Waals surface area contributed by atoms with Gasteiger partial charge in [-0.2, -0.15) is 0 Å². The Kier molecular flexibility index (Phi) is 6.22. The van der Waals surface area contributed by atoms with Gasteiger partial charge < -0.3 is 15.2 Å². The van der Waals surface area contributed by atoms with Gasteiger partial charge in [-0.25, -0.2) is 0 Å². The van der Waals surface area contributed by atoms with Gasteiger partial charge in [0.25, 0.3) is 0 Å². The summed E-state index contributed by atoms with van der Waals surface area (Å²) in [5.74, 6) is 0. The molecule has 0 bridgehead atoms. The van der Waals surface area contributed by atoms with Crippen LogP contribution in [-0.2, 0) is 4.74 Å². The first-order valence-electron chi connectivity index (χ1n) is 6.29. The van der Waals surface area contributed by atoms with Gasteiger partial charge in [-0.15, -0.1) is 0 Å². The largest absolute Gasteiger partial charge is 0.392 e. The third-order valence-electron chi connectivity index (χ3n) is 3.09. The monoisotopic (exact) mass is 215 g/mol. The highest BCUT2D eigenvalue weighted by atomic mass is 16.5. The highest BCUT2D eigenvalue weighted by molar-refractivity contribution is 4.77. The second-order valence-electron chi connectivity index (χ2n) is 4.47. The minimum absolute atomic E-state index is 0.182. The predicted molar refractivity (Wildman–Crippen MR) is 62.0 cm³/mol. The summed E-state index contributed by atoms with van der Waals surface area (Å²) >= 11 is 0. The molecule has 3 atom stereocenters. The van der Waals surface area contributed by atoms with E-state index in [1.807, 2.05) is 0 Å². The van der Waals surface area contributed by atoms with Crippen molar-refractivity contribution in [2.75, 3.05) is 13.2 Å². The maximum atomic E-state index is 9.61. The second-order valence-corrected chi connectivity index (χ2v) is 4.47. The molecule has 90 valence electrons. The van der Waals surface area contributed by atoms with E-state index in [9.17, 15) is 5.11 Å². The van der Waals surface area contributed by atoms with Gasteiger partial charge >= 0.3 is 0 Å². The first kappa shape index (κ1) is 12.9. The highest BCUT2D eigenvalue weighted by Gasteiger charge is 2.21. The van der Waals surface area contributed by atoms with Crippen LogP contribution in [0.25, 0.3) is 0 Å². The third-order valence-corrected chi connectivity index (χ3v) is 3.09. The molecule has 15 heavy (non-hydrogen) atoms. The van der Waals surface area contributed by atoms with E-state index < -0.39 is 0 Å². The normalized spacial score (nSPS) is 29.0. The molecule has 1 heterocycles. The Balaban J connectivity index is 2.14. The molecule has 0 aromatic carbocycles. The summed E-state index contributed by atoms with van der Waals surface area (Å²) in [5.41, 5.74) is 0. The summed E-state index contributed by atoms with van der Waals surface area (Å²) < 4.78 is 5.61. The van der Waals surface area contributed by atoms with E-state index in [4.69, 9.17) is 4.74 Å². The Morgan fingerprint density at radius 1 is 1.47 bits per heavy atom. The highest BCUT2D eigenvalue weighted by Crippen LogP contribution is 2.16. The van der Waals surface area contributed by atoms with Gasteiger partial charge in [-0.1, -0.05) is 20.3 Å². The summed E-state index contributed by atoms with van der Waals surface area (Å²) in [6, 6.07) is 0.537. The molecule has 3 nitrogen and oxygen atoms in total. The SMILES string of the molecule is CCCC(O)CNC1CCOC(CC)C1. The van der Waals surface area contributed by atoms with Crippen molar-refractivity contribution in [3.63, 3.8) is 0 Å². The quantitative estimate of drug-likeness (QED) is 0.708. The van der Waals surface area contributed by atoms with Crippen molar-refractivity contribution in [3.8, 4) is 0 Å². The van der Waals surface area contributed by atoms with Gasteiger partial charge in [0.15, 0.2) is 0 Å². The van der Waals surface area contributed by atoms with Crippen molar-refractivity contribution in [1.29, 1.82) is 0 Å². The fraction of sp³-hybridized carbons (Fsp3) is 1.00. The maximum Gasteiger partial charge on any atom is 0.0664 e. The van der Waals surface area contributed by atoms with Crippen molar-refractivity contribution in [3.05, 3.63) is 0 Å². The lowest BCUT2D eigenvalue weighted by atomic mass is 10.0. The van der Waals surface area contributed by atoms with E-state index in [1.54, 1.807) is 0 Å². The third kappa shape index (κ3) is 4.96. The van der Waals surface area contributed by atoms with Crippen LogP contribution in [0.3, 0.4) is 0 Å². The van der Waals surface area contributed by atoms with E-state index in [1.165, 1.54) is 0 Å². The molecule has 1 aliphatic heterocycles. The van der Waals surface area contributed by atoms with Gasteiger partial charge in [0.05, 0.1) is 12.2 Å². The van der Waals surface area contributed by atoms with Gasteiger partial charge in [-0.3, -0.25) is 0 Å². The Morgan fingerprint density at radius 2 is 2.27 bits per heavy atom. The number of aliphatic hydroxyl groups excluding tert-OH is 1. The molecule has 2 N–H and O–H groups in total. The molecule has 1 rings (SSSR count). The van der Waals surface area contributed by atoms with Crippen LogP contribution < -0.4 is 5.32 Å². The summed E-state index contributed by atoms with van der Waals surface area (Å²) in [5, 5.41) is 13.0. The Labute approximate surface area is 93.2 Å². The van der Waals surface area contributed by atoms with Gasteiger partial charge in [0.1, 0.15) is 0 Å². The standard InChI is InChI=1S/C12H25NO2/c1-3-5-11(14)9-13-10-6-7-15-12(4-2)8-10/h10-14H,3-9H2,1-2H3. The molecule has 0 amide bonds. The molecular weight excluding hydrogens is 190 g/mol. The number of hydrogen-bond acceptors (Lipinski definition) is 3. The summed E-state index contributed by atoms with van der Waals surface area (Å²) in [6.45, 7) is 5.86. The molecule has 3 heteroatoms. The van der Waals surface area contributed by atoms with Crippen LogP contribution in [0.4, 0.5) is 0 Å². The van der Waals surface area contributed by atoms with E-state index in [0.29, 0.717) is 12.1 Å². The van der Waals surface area contributed by atoms with Crippen LogP contribution in [0.1, 0.15) is 46.0 Å². The molecule has 0 radical (unpaired) electrons. The van der Waals surface area contributed by atoms with Gasteiger partial charge in [-0.05, 0) is 25.7 Å². The lowest BCUT2D eigenvalue weighted by Gasteiger charge is -2.30. The van der Waals surface area contributed by atoms with Crippen LogP contribution in [0.15, 0.2) is 0 Å². The van der Waals surface area contributed by atoms with E-state index in [-0.39, 0.29) is 6.10 Å². The topological polar surface area (TPSA) is 41.5 Å². The van der Waals surface area contributed by atoms with E-state index >= 15 is 0 Å². The van der Waals surface area contributed by atoms with Gasteiger partial charge in [0, 0.05) is 19.2 Å². The van der Waals surface area contributed by atoms with Crippen LogP contribution in [0, 0.1) is 0 Å². The molecule has 1 aliphatic rings. The molecule has 3 unspecified atom stereocenters. The Morgan fingerprint density at radius 3 is 2.93 bits per heavy atom. The molecule has 0 aromatic rings. The van der Waals surface area contributed by atoms with Crippen molar-refractivity contribution >= 4 is 0 Å². The number of ether oxygens (including phenoxy) is 1. The number of nitrogens with one attached hydrogen (secondary N) is 1. The molecule has 0 saturated carbocycles. The second kappa shape index (κ2) is 7.20. The minimum Gasteiger partial charge on any atom is -0.392 e.